The number of anilines is 2. The zero-order valence-electron chi connectivity index (χ0n) is 26.7. The monoisotopic (exact) mass is 695 g/mol. The Morgan fingerprint density at radius 2 is 1.71 bits per heavy atom. The van der Waals surface area contributed by atoms with E-state index in [4.69, 9.17) is 9.47 Å². The van der Waals surface area contributed by atoms with E-state index in [1.54, 1.807) is 49.0 Å². The first kappa shape index (κ1) is 31.6. The normalized spacial score (nSPS) is 26.2. The van der Waals surface area contributed by atoms with Crippen molar-refractivity contribution in [2.45, 2.75) is 36.5 Å². The zero-order valence-corrected chi connectivity index (χ0v) is 28.3. The number of rotatable bonds is 8. The van der Waals surface area contributed by atoms with Crippen molar-refractivity contribution in [3.05, 3.63) is 104 Å². The number of carbonyl (C=O) groups is 4. The highest BCUT2D eigenvalue weighted by atomic mass is 32.2. The molecule has 2 saturated carbocycles. The number of para-hydroxylation sites is 1. The van der Waals surface area contributed by atoms with Crippen LogP contribution in [-0.4, -0.2) is 47.1 Å². The van der Waals surface area contributed by atoms with Crippen LogP contribution in [0.25, 0.3) is 0 Å². The van der Waals surface area contributed by atoms with Crippen molar-refractivity contribution in [2.75, 3.05) is 23.4 Å². The molecule has 12 heteroatoms. The minimum atomic E-state index is -0.464. The van der Waals surface area contributed by atoms with E-state index in [1.165, 1.54) is 16.2 Å². The fourth-order valence-corrected chi connectivity index (χ4v) is 11.3. The zero-order chi connectivity index (χ0) is 34.0. The van der Waals surface area contributed by atoms with Gasteiger partial charge in [-0.15, -0.1) is 11.8 Å². The summed E-state index contributed by atoms with van der Waals surface area (Å²) in [4.78, 5) is 70.8. The minimum absolute atomic E-state index is 0.0118. The Morgan fingerprint density at radius 1 is 0.959 bits per heavy atom. The average Bonchev–Trinajstić information content (AvgIpc) is 3.84. The maximum Gasteiger partial charge on any atom is 0.338 e. The average molecular weight is 696 g/mol. The quantitative estimate of drug-likeness (QED) is 0.179. The van der Waals surface area contributed by atoms with E-state index in [0.29, 0.717) is 17.0 Å². The first-order valence-electron chi connectivity index (χ1n) is 16.4. The Kier molecular flexibility index (Phi) is 7.95. The number of nitrogens with one attached hydrogen (secondary N) is 2. The van der Waals surface area contributed by atoms with Gasteiger partial charge in [0.1, 0.15) is 5.75 Å². The van der Waals surface area contributed by atoms with Crippen molar-refractivity contribution in [3.63, 3.8) is 0 Å². The van der Waals surface area contributed by atoms with Crippen LogP contribution in [-0.2, 0) is 19.1 Å². The first-order valence-corrected chi connectivity index (χ1v) is 18.1. The van der Waals surface area contributed by atoms with Crippen molar-refractivity contribution < 1.29 is 28.7 Å². The number of nitrogens with zero attached hydrogens (tertiary/aromatic N) is 1. The number of ether oxygens (including phenoxy) is 2. The van der Waals surface area contributed by atoms with Gasteiger partial charge in [-0.1, -0.05) is 41.7 Å². The van der Waals surface area contributed by atoms with Crippen LogP contribution < -0.4 is 19.8 Å². The Balaban J connectivity index is 1.07. The molecule has 10 nitrogen and oxygen atoms in total. The second kappa shape index (κ2) is 12.3. The second-order valence-corrected chi connectivity index (χ2v) is 15.2. The summed E-state index contributed by atoms with van der Waals surface area (Å²) in [7, 11) is 0. The maximum absolute atomic E-state index is 14.1. The van der Waals surface area contributed by atoms with E-state index >= 15 is 0 Å². The fourth-order valence-electron chi connectivity index (χ4n) is 8.45. The lowest BCUT2D eigenvalue weighted by atomic mass is 9.68. The smallest absolute Gasteiger partial charge is 0.338 e. The lowest BCUT2D eigenvalue weighted by Crippen LogP contribution is -2.42. The van der Waals surface area contributed by atoms with E-state index in [-0.39, 0.29) is 64.7 Å². The van der Waals surface area contributed by atoms with Gasteiger partial charge in [-0.2, -0.15) is 0 Å². The molecule has 3 heterocycles. The van der Waals surface area contributed by atoms with Gasteiger partial charge in [0, 0.05) is 21.7 Å². The van der Waals surface area contributed by atoms with E-state index < -0.39 is 17.8 Å². The summed E-state index contributed by atoms with van der Waals surface area (Å²) in [5.74, 6) is -1.79. The highest BCUT2D eigenvalue weighted by Crippen LogP contribution is 2.68. The van der Waals surface area contributed by atoms with Gasteiger partial charge in [0.05, 0.1) is 34.7 Å². The summed E-state index contributed by atoms with van der Waals surface area (Å²) in [6.45, 7) is 3.74. The van der Waals surface area contributed by atoms with Gasteiger partial charge >= 0.3 is 10.8 Å². The largest absolute Gasteiger partial charge is 0.484 e. The van der Waals surface area contributed by atoms with Gasteiger partial charge in [-0.3, -0.25) is 24.1 Å². The molecule has 3 fully saturated rings. The lowest BCUT2D eigenvalue weighted by molar-refractivity contribution is -0.123. The van der Waals surface area contributed by atoms with Crippen LogP contribution in [0.2, 0.25) is 0 Å². The Bertz CT molecular complexity index is 2060. The number of aromatic nitrogens is 1. The van der Waals surface area contributed by atoms with Crippen LogP contribution in [0.1, 0.15) is 45.6 Å². The molecule has 4 aromatic rings. The molecule has 0 spiro atoms. The molecule has 1 saturated heterocycles. The number of amides is 3. The molecule has 3 aromatic carbocycles. The number of carbonyl (C=O) groups excluding carboxylic acids is 4. The Labute approximate surface area is 290 Å². The van der Waals surface area contributed by atoms with Crippen LogP contribution in [0, 0.1) is 36.5 Å². The second-order valence-electron chi connectivity index (χ2n) is 13.0. The molecule has 4 unspecified atom stereocenters. The third kappa shape index (κ3) is 5.28. The molecular formula is C37H33N3O7S2. The number of benzene rings is 3. The van der Waals surface area contributed by atoms with Gasteiger partial charge in [0.25, 0.3) is 5.91 Å². The van der Waals surface area contributed by atoms with Crippen molar-refractivity contribution in [2.24, 2.45) is 29.6 Å². The highest BCUT2D eigenvalue weighted by Gasteiger charge is 2.69. The Hall–Kier alpha value is -4.68. The van der Waals surface area contributed by atoms with E-state index in [9.17, 15) is 24.0 Å². The number of thiazole rings is 1. The number of fused-ring (bicyclic) bond motifs is 9. The molecule has 2 aliphatic carbocycles. The number of hydrogen-bond donors (Lipinski definition) is 2. The number of esters is 1. The molecule has 8 rings (SSSR count). The van der Waals surface area contributed by atoms with Gasteiger partial charge in [0.15, 0.2) is 6.61 Å². The van der Waals surface area contributed by atoms with Gasteiger partial charge < -0.3 is 19.8 Å². The summed E-state index contributed by atoms with van der Waals surface area (Å²) in [6, 6.07) is 21.6. The predicted octanol–water partition coefficient (Wildman–Crippen LogP) is 5.62. The number of imide groups is 1. The molecule has 49 heavy (non-hydrogen) atoms. The van der Waals surface area contributed by atoms with Crippen molar-refractivity contribution >= 4 is 58.2 Å². The third-order valence-electron chi connectivity index (χ3n) is 10.4. The first-order chi connectivity index (χ1) is 23.7. The molecule has 2 aliphatic heterocycles. The summed E-state index contributed by atoms with van der Waals surface area (Å²) < 4.78 is 11.0. The summed E-state index contributed by atoms with van der Waals surface area (Å²) in [5, 5.41) is 3.74. The topological polar surface area (TPSA) is 135 Å². The fraction of sp³-hybridized carbons (Fsp3) is 0.324. The number of hydrogen-bond acceptors (Lipinski definition) is 9. The molecule has 4 aliphatic rings. The molecule has 7 atom stereocenters. The molecule has 250 valence electrons. The van der Waals surface area contributed by atoms with E-state index in [1.807, 2.05) is 49.4 Å². The van der Waals surface area contributed by atoms with Crippen LogP contribution in [0.4, 0.5) is 11.4 Å². The van der Waals surface area contributed by atoms with Crippen molar-refractivity contribution in [1.82, 2.24) is 4.98 Å². The van der Waals surface area contributed by atoms with Gasteiger partial charge in [-0.25, -0.2) is 4.79 Å². The number of thioether (sulfide) groups is 1. The number of aromatic amines is 1. The summed E-state index contributed by atoms with van der Waals surface area (Å²) >= 11 is 2.82. The third-order valence-corrected chi connectivity index (χ3v) is 13.0. The molecule has 1 aromatic heterocycles. The summed E-state index contributed by atoms with van der Waals surface area (Å²) in [5.41, 5.74) is 3.43. The molecule has 0 radical (unpaired) electrons. The van der Waals surface area contributed by atoms with Crippen molar-refractivity contribution in [3.8, 4) is 5.75 Å². The van der Waals surface area contributed by atoms with Crippen LogP contribution in [0.3, 0.4) is 0 Å². The minimum Gasteiger partial charge on any atom is -0.484 e. The van der Waals surface area contributed by atoms with E-state index in [2.05, 4.69) is 10.3 Å². The number of H-pyrrole nitrogens is 1. The van der Waals surface area contributed by atoms with Crippen molar-refractivity contribution in [1.29, 1.82) is 0 Å². The van der Waals surface area contributed by atoms with Crippen LogP contribution in [0.15, 0.2) is 82.6 Å². The van der Waals surface area contributed by atoms with Crippen LogP contribution in [0.5, 0.6) is 5.75 Å². The highest BCUT2D eigenvalue weighted by molar-refractivity contribution is 8.00. The lowest BCUT2D eigenvalue weighted by Gasteiger charge is -2.43. The summed E-state index contributed by atoms with van der Waals surface area (Å²) in [6.07, 6.45) is 0.760. The van der Waals surface area contributed by atoms with Crippen LogP contribution >= 0.6 is 23.1 Å². The molecule has 2 bridgehead atoms. The van der Waals surface area contributed by atoms with E-state index in [0.717, 1.165) is 33.1 Å². The predicted molar refractivity (Wildman–Crippen MR) is 185 cm³/mol. The molecule has 2 N–H and O–H groups in total. The molecular weight excluding hydrogens is 663 g/mol. The Morgan fingerprint density at radius 3 is 2.47 bits per heavy atom. The molecule has 3 amide bonds. The van der Waals surface area contributed by atoms with Gasteiger partial charge in [-0.05, 0) is 91.6 Å². The SMILES string of the molecule is CCOC(=O)c1ccc(N2C(=O)C3C(C2=O)[C@@H]2C[C@H]3C3Sc4[nH]c(=O)sc4[C@H](c4cccc(OCC(=O)Nc5ccccc5C)c4)C32)cc1. The standard InChI is InChI=1S/C37H33N3O7S2/c1-3-46-36(44)19-11-13-21(14-12-19)40-34(42)29-23-16-24(30(29)35(40)43)31-28(23)27(32-33(48-31)39-37(45)49-32)20-8-6-9-22(15-20)47-17-26(41)38-25-10-5-4-7-18(25)2/h4-15,23-24,27-31H,3,16-17H2,1-2H3,(H,38,41)(H,39,45)/t23-,24-,27-,28?,29?,30?,31?/m1/s1. The number of aryl methyl sites for hydroxylation is 1. The van der Waals surface area contributed by atoms with Gasteiger partial charge in [0.2, 0.25) is 11.8 Å². The maximum atomic E-state index is 14.1.